The highest BCUT2D eigenvalue weighted by molar-refractivity contribution is 5.19. The van der Waals surface area contributed by atoms with Crippen molar-refractivity contribution in [3.05, 3.63) is 23.3 Å². The minimum Gasteiger partial charge on any atom is -0.237 e. The molecule has 3 nitrogen and oxygen atoms in total. The number of aryl methyl sites for hydroxylation is 1. The van der Waals surface area contributed by atoms with Gasteiger partial charge in [-0.3, -0.25) is 0 Å². The molecule has 0 aliphatic heterocycles. The molecule has 1 aliphatic carbocycles. The van der Waals surface area contributed by atoms with Gasteiger partial charge in [0.25, 0.3) is 0 Å². The third kappa shape index (κ3) is 2.87. The molecule has 0 amide bonds. The summed E-state index contributed by atoms with van der Waals surface area (Å²) in [5.74, 6) is 1.14. The van der Waals surface area contributed by atoms with Gasteiger partial charge in [-0.1, -0.05) is 26.2 Å². The molecule has 3 heteroatoms. The van der Waals surface area contributed by atoms with E-state index in [4.69, 9.17) is 5.26 Å². The van der Waals surface area contributed by atoms with Gasteiger partial charge in [-0.2, -0.15) is 5.26 Å². The molecular weight excluding hydrogens is 222 g/mol. The predicted molar refractivity (Wildman–Crippen MR) is 71.2 cm³/mol. The van der Waals surface area contributed by atoms with Gasteiger partial charge in [-0.05, 0) is 32.3 Å². The maximum Gasteiger partial charge on any atom is 0.145 e. The molecule has 1 saturated carbocycles. The molecule has 1 aliphatic rings. The van der Waals surface area contributed by atoms with Gasteiger partial charge in [0.1, 0.15) is 11.7 Å². The Labute approximate surface area is 109 Å². The Morgan fingerprint density at radius 1 is 1.33 bits per heavy atom. The van der Waals surface area contributed by atoms with Crippen LogP contribution in [0.5, 0.6) is 0 Å². The molecule has 2 rings (SSSR count). The SMILES string of the molecule is CCC(C#N)c1nc(C)cc(C2CCCCC2)n1. The fourth-order valence-electron chi connectivity index (χ4n) is 2.71. The van der Waals surface area contributed by atoms with E-state index in [0.717, 1.165) is 23.6 Å². The first-order chi connectivity index (χ1) is 8.74. The second-order valence-corrected chi connectivity index (χ2v) is 5.22. The standard InChI is InChI=1S/C15H21N3/c1-3-12(10-16)15-17-11(2)9-14(18-15)13-7-5-4-6-8-13/h9,12-13H,3-8H2,1-2H3. The van der Waals surface area contributed by atoms with Crippen LogP contribution in [0.25, 0.3) is 0 Å². The van der Waals surface area contributed by atoms with E-state index < -0.39 is 0 Å². The lowest BCUT2D eigenvalue weighted by atomic mass is 9.86. The number of hydrogen-bond donors (Lipinski definition) is 0. The van der Waals surface area contributed by atoms with Crippen LogP contribution in [0.3, 0.4) is 0 Å². The Hall–Kier alpha value is -1.43. The Kier molecular flexibility index (Phi) is 4.30. The highest BCUT2D eigenvalue weighted by Crippen LogP contribution is 2.32. The van der Waals surface area contributed by atoms with Gasteiger partial charge in [-0.15, -0.1) is 0 Å². The van der Waals surface area contributed by atoms with Crippen LogP contribution in [-0.2, 0) is 0 Å². The van der Waals surface area contributed by atoms with E-state index in [1.54, 1.807) is 0 Å². The highest BCUT2D eigenvalue weighted by atomic mass is 14.9. The van der Waals surface area contributed by atoms with Gasteiger partial charge >= 0.3 is 0 Å². The lowest BCUT2D eigenvalue weighted by Crippen LogP contribution is -2.11. The van der Waals surface area contributed by atoms with Crippen LogP contribution in [0.1, 0.15) is 74.5 Å². The predicted octanol–water partition coefficient (Wildman–Crippen LogP) is 3.85. The van der Waals surface area contributed by atoms with Crippen molar-refractivity contribution in [1.29, 1.82) is 5.26 Å². The molecule has 0 bridgehead atoms. The van der Waals surface area contributed by atoms with E-state index in [1.807, 2.05) is 13.8 Å². The average molecular weight is 243 g/mol. The van der Waals surface area contributed by atoms with Crippen molar-refractivity contribution in [2.24, 2.45) is 0 Å². The van der Waals surface area contributed by atoms with Crippen molar-refractivity contribution in [3.63, 3.8) is 0 Å². The van der Waals surface area contributed by atoms with Gasteiger partial charge in [0, 0.05) is 17.3 Å². The van der Waals surface area contributed by atoms with Crippen LogP contribution >= 0.6 is 0 Å². The molecule has 96 valence electrons. The van der Waals surface area contributed by atoms with Crippen LogP contribution in [0.2, 0.25) is 0 Å². The summed E-state index contributed by atoms with van der Waals surface area (Å²) in [6, 6.07) is 4.40. The molecule has 1 fully saturated rings. The zero-order valence-corrected chi connectivity index (χ0v) is 11.3. The van der Waals surface area contributed by atoms with Gasteiger partial charge in [0.15, 0.2) is 0 Å². The minimum atomic E-state index is -0.160. The van der Waals surface area contributed by atoms with Crippen molar-refractivity contribution in [3.8, 4) is 6.07 Å². The Morgan fingerprint density at radius 3 is 2.67 bits per heavy atom. The maximum absolute atomic E-state index is 9.14. The topological polar surface area (TPSA) is 49.6 Å². The second-order valence-electron chi connectivity index (χ2n) is 5.22. The van der Waals surface area contributed by atoms with E-state index in [9.17, 15) is 0 Å². The quantitative estimate of drug-likeness (QED) is 0.810. The number of rotatable bonds is 3. The number of aromatic nitrogens is 2. The average Bonchev–Trinajstić information content (AvgIpc) is 2.40. The normalized spacial score (nSPS) is 18.3. The third-order valence-corrected chi connectivity index (χ3v) is 3.79. The Morgan fingerprint density at radius 2 is 2.06 bits per heavy atom. The minimum absolute atomic E-state index is 0.160. The number of hydrogen-bond acceptors (Lipinski definition) is 3. The van der Waals surface area contributed by atoms with E-state index in [0.29, 0.717) is 5.92 Å². The summed E-state index contributed by atoms with van der Waals surface area (Å²) in [6.07, 6.45) is 7.21. The molecule has 1 unspecified atom stereocenters. The monoisotopic (exact) mass is 243 g/mol. The lowest BCUT2D eigenvalue weighted by Gasteiger charge is -2.22. The summed E-state index contributed by atoms with van der Waals surface area (Å²) in [7, 11) is 0. The lowest BCUT2D eigenvalue weighted by molar-refractivity contribution is 0.434. The molecule has 0 N–H and O–H groups in total. The van der Waals surface area contributed by atoms with Crippen molar-refractivity contribution in [1.82, 2.24) is 9.97 Å². The Balaban J connectivity index is 2.28. The first-order valence-electron chi connectivity index (χ1n) is 6.99. The summed E-state index contributed by atoms with van der Waals surface area (Å²) in [6.45, 7) is 4.02. The van der Waals surface area contributed by atoms with Crippen molar-refractivity contribution < 1.29 is 0 Å². The first kappa shape index (κ1) is 13.0. The summed E-state index contributed by atoms with van der Waals surface area (Å²) in [5, 5.41) is 9.14. The third-order valence-electron chi connectivity index (χ3n) is 3.79. The smallest absolute Gasteiger partial charge is 0.145 e. The molecule has 1 aromatic rings. The molecule has 0 radical (unpaired) electrons. The molecule has 0 saturated heterocycles. The van der Waals surface area contributed by atoms with E-state index >= 15 is 0 Å². The van der Waals surface area contributed by atoms with E-state index in [2.05, 4.69) is 22.1 Å². The second kappa shape index (κ2) is 5.95. The zero-order chi connectivity index (χ0) is 13.0. The van der Waals surface area contributed by atoms with Crippen LogP contribution in [0.4, 0.5) is 0 Å². The molecule has 1 heterocycles. The molecule has 0 spiro atoms. The van der Waals surface area contributed by atoms with E-state index in [-0.39, 0.29) is 5.92 Å². The maximum atomic E-state index is 9.14. The summed E-state index contributed by atoms with van der Waals surface area (Å²) in [4.78, 5) is 9.10. The van der Waals surface area contributed by atoms with Crippen molar-refractivity contribution >= 4 is 0 Å². The largest absolute Gasteiger partial charge is 0.237 e. The molecule has 0 aromatic carbocycles. The van der Waals surface area contributed by atoms with E-state index in [1.165, 1.54) is 32.1 Å². The van der Waals surface area contributed by atoms with Crippen LogP contribution < -0.4 is 0 Å². The number of nitrogens with zero attached hydrogens (tertiary/aromatic N) is 3. The first-order valence-corrected chi connectivity index (χ1v) is 6.99. The van der Waals surface area contributed by atoms with Crippen LogP contribution in [0.15, 0.2) is 6.07 Å². The van der Waals surface area contributed by atoms with Gasteiger partial charge in [0.05, 0.1) is 6.07 Å². The van der Waals surface area contributed by atoms with Crippen LogP contribution in [0, 0.1) is 18.3 Å². The fourth-order valence-corrected chi connectivity index (χ4v) is 2.71. The zero-order valence-electron chi connectivity index (χ0n) is 11.3. The molecular formula is C15H21N3. The number of nitriles is 1. The Bertz CT molecular complexity index is 442. The molecule has 1 atom stereocenters. The van der Waals surface area contributed by atoms with Crippen LogP contribution in [-0.4, -0.2) is 9.97 Å². The molecule has 18 heavy (non-hydrogen) atoms. The summed E-state index contributed by atoms with van der Waals surface area (Å²) >= 11 is 0. The highest BCUT2D eigenvalue weighted by Gasteiger charge is 2.20. The summed E-state index contributed by atoms with van der Waals surface area (Å²) in [5.41, 5.74) is 2.15. The fraction of sp³-hybridized carbons (Fsp3) is 0.667. The van der Waals surface area contributed by atoms with Crippen molar-refractivity contribution in [2.75, 3.05) is 0 Å². The van der Waals surface area contributed by atoms with Gasteiger partial charge in [-0.25, -0.2) is 9.97 Å². The van der Waals surface area contributed by atoms with Gasteiger partial charge in [0.2, 0.25) is 0 Å². The summed E-state index contributed by atoms with van der Waals surface area (Å²) < 4.78 is 0. The van der Waals surface area contributed by atoms with Crippen molar-refractivity contribution in [2.45, 2.75) is 64.2 Å². The molecule has 1 aromatic heterocycles. The van der Waals surface area contributed by atoms with Gasteiger partial charge < -0.3 is 0 Å².